The first-order valence-corrected chi connectivity index (χ1v) is 10.8. The Kier molecular flexibility index (Phi) is 4.68. The third kappa shape index (κ3) is 3.39. The normalized spacial score (nSPS) is 28.0. The van der Waals surface area contributed by atoms with E-state index in [9.17, 15) is 8.42 Å². The molecule has 140 valence electrons. The summed E-state index contributed by atoms with van der Waals surface area (Å²) in [6.07, 6.45) is 7.26. The van der Waals surface area contributed by atoms with Crippen LogP contribution in [-0.2, 0) is 21.3 Å². The first-order valence-electron chi connectivity index (χ1n) is 9.25. The molecule has 25 heavy (non-hydrogen) atoms. The molecular weight excluding hydrogens is 340 g/mol. The van der Waals surface area contributed by atoms with Crippen LogP contribution in [0.4, 0.5) is 0 Å². The predicted molar refractivity (Wildman–Crippen MR) is 94.5 cm³/mol. The quantitative estimate of drug-likeness (QED) is 0.768. The van der Waals surface area contributed by atoms with E-state index in [1.165, 1.54) is 5.56 Å². The number of sulfonamides is 1. The number of hydrogen-bond donors (Lipinski definition) is 0. The minimum atomic E-state index is -3.09. The van der Waals surface area contributed by atoms with Crippen molar-refractivity contribution in [1.82, 2.24) is 9.21 Å². The number of hydrogen-bond acceptors (Lipinski definition) is 5. The Morgan fingerprint density at radius 3 is 2.68 bits per heavy atom. The summed E-state index contributed by atoms with van der Waals surface area (Å²) in [5, 5.41) is -0.118. The summed E-state index contributed by atoms with van der Waals surface area (Å²) >= 11 is 0. The molecule has 6 nitrogen and oxygen atoms in total. The van der Waals surface area contributed by atoms with Gasteiger partial charge < -0.3 is 9.15 Å². The molecule has 4 rings (SSSR count). The van der Waals surface area contributed by atoms with Crippen molar-refractivity contribution in [3.8, 4) is 0 Å². The van der Waals surface area contributed by atoms with Gasteiger partial charge in [-0.05, 0) is 50.3 Å². The summed E-state index contributed by atoms with van der Waals surface area (Å²) in [7, 11) is -1.37. The largest absolute Gasteiger partial charge is 0.472 e. The molecule has 2 saturated heterocycles. The molecule has 2 aliphatic heterocycles. The van der Waals surface area contributed by atoms with Crippen LogP contribution in [0.3, 0.4) is 0 Å². The van der Waals surface area contributed by atoms with E-state index in [4.69, 9.17) is 9.15 Å². The summed E-state index contributed by atoms with van der Waals surface area (Å²) in [5.41, 5.74) is 1.28. The van der Waals surface area contributed by atoms with Gasteiger partial charge in [-0.3, -0.25) is 4.90 Å². The van der Waals surface area contributed by atoms with Gasteiger partial charge >= 0.3 is 0 Å². The number of likely N-dealkylation sites (tertiary alicyclic amines) is 1. The lowest BCUT2D eigenvalue weighted by molar-refractivity contribution is 0.0357. The van der Waals surface area contributed by atoms with Gasteiger partial charge in [-0.1, -0.05) is 0 Å². The van der Waals surface area contributed by atoms with Gasteiger partial charge in [0.1, 0.15) is 0 Å². The number of piperidine rings is 1. The summed E-state index contributed by atoms with van der Waals surface area (Å²) in [5.74, 6) is 0.308. The maximum atomic E-state index is 12.7. The lowest BCUT2D eigenvalue weighted by Gasteiger charge is -2.42. The summed E-state index contributed by atoms with van der Waals surface area (Å²) in [6, 6.07) is 2.01. The highest BCUT2D eigenvalue weighted by Gasteiger charge is 2.53. The van der Waals surface area contributed by atoms with E-state index in [0.29, 0.717) is 25.6 Å². The highest BCUT2D eigenvalue weighted by atomic mass is 32.2. The van der Waals surface area contributed by atoms with Crippen LogP contribution in [0.25, 0.3) is 0 Å². The number of nitrogens with zero attached hydrogens (tertiary/aromatic N) is 2. The van der Waals surface area contributed by atoms with Crippen molar-refractivity contribution in [3.63, 3.8) is 0 Å². The molecule has 3 fully saturated rings. The zero-order valence-corrected chi connectivity index (χ0v) is 15.7. The third-order valence-electron chi connectivity index (χ3n) is 6.29. The van der Waals surface area contributed by atoms with Crippen LogP contribution in [0.5, 0.6) is 0 Å². The Hall–Kier alpha value is -0.890. The Morgan fingerprint density at radius 1 is 1.32 bits per heavy atom. The van der Waals surface area contributed by atoms with Crippen molar-refractivity contribution in [2.75, 3.05) is 39.9 Å². The van der Waals surface area contributed by atoms with Crippen molar-refractivity contribution in [3.05, 3.63) is 24.2 Å². The fourth-order valence-electron chi connectivity index (χ4n) is 4.55. The highest BCUT2D eigenvalue weighted by Crippen LogP contribution is 2.47. The molecule has 1 spiro atoms. The Balaban J connectivity index is 1.44. The second-order valence-corrected chi connectivity index (χ2v) is 10.2. The van der Waals surface area contributed by atoms with Gasteiger partial charge in [-0.25, -0.2) is 12.7 Å². The minimum absolute atomic E-state index is 0.0743. The van der Waals surface area contributed by atoms with E-state index in [0.717, 1.165) is 45.3 Å². The molecule has 3 heterocycles. The van der Waals surface area contributed by atoms with Crippen LogP contribution in [0, 0.1) is 11.3 Å². The molecule has 0 N–H and O–H groups in total. The van der Waals surface area contributed by atoms with Crippen molar-refractivity contribution >= 4 is 10.0 Å². The van der Waals surface area contributed by atoms with Gasteiger partial charge in [0.15, 0.2) is 0 Å². The zero-order valence-electron chi connectivity index (χ0n) is 14.9. The highest BCUT2D eigenvalue weighted by molar-refractivity contribution is 7.90. The molecule has 0 unspecified atom stereocenters. The molecule has 7 heteroatoms. The van der Waals surface area contributed by atoms with E-state index < -0.39 is 10.0 Å². The van der Waals surface area contributed by atoms with Crippen LogP contribution in [0.2, 0.25) is 0 Å². The van der Waals surface area contributed by atoms with Crippen LogP contribution in [0.1, 0.15) is 31.2 Å². The first-order chi connectivity index (χ1) is 12.0. The van der Waals surface area contributed by atoms with Crippen molar-refractivity contribution < 1.29 is 17.6 Å². The molecule has 0 amide bonds. The van der Waals surface area contributed by atoms with Crippen molar-refractivity contribution in [2.24, 2.45) is 11.3 Å². The van der Waals surface area contributed by atoms with Gasteiger partial charge in [0, 0.05) is 38.2 Å². The lowest BCUT2D eigenvalue weighted by Crippen LogP contribution is -2.45. The zero-order chi connectivity index (χ0) is 17.5. The van der Waals surface area contributed by atoms with E-state index in [2.05, 4.69) is 4.90 Å². The smallest absolute Gasteiger partial charge is 0.217 e. The van der Waals surface area contributed by atoms with E-state index in [1.807, 2.05) is 6.07 Å². The Morgan fingerprint density at radius 2 is 2.08 bits per heavy atom. The second kappa shape index (κ2) is 6.68. The molecular formula is C18H28N2O4S. The molecule has 1 saturated carbocycles. The average Bonchev–Trinajstić information content (AvgIpc) is 3.25. The van der Waals surface area contributed by atoms with Crippen LogP contribution in [0.15, 0.2) is 23.0 Å². The van der Waals surface area contributed by atoms with Gasteiger partial charge in [0.05, 0.1) is 24.4 Å². The molecule has 0 aromatic carbocycles. The van der Waals surface area contributed by atoms with Gasteiger partial charge in [0.2, 0.25) is 10.0 Å². The number of rotatable bonds is 6. The predicted octanol–water partition coefficient (Wildman–Crippen LogP) is 1.93. The molecule has 3 aliphatic rings. The third-order valence-corrected chi connectivity index (χ3v) is 8.60. The SMILES string of the molecule is COC[C@@H]1CN(S(=O)(=O)C2CC2)CC12CCN(Cc1ccoc1)CC2. The van der Waals surface area contributed by atoms with Gasteiger partial charge in [0.25, 0.3) is 0 Å². The average molecular weight is 368 g/mol. The molecule has 1 aromatic rings. The fourth-order valence-corrected chi connectivity index (χ4v) is 6.53. The summed E-state index contributed by atoms with van der Waals surface area (Å²) in [6.45, 7) is 4.88. The molecule has 1 atom stereocenters. The van der Waals surface area contributed by atoms with Crippen LogP contribution < -0.4 is 0 Å². The first kappa shape index (κ1) is 17.5. The summed E-state index contributed by atoms with van der Waals surface area (Å²) in [4.78, 5) is 2.44. The standard InChI is InChI=1S/C18H28N2O4S/c1-23-13-16-11-20(25(21,22)17-2-3-17)14-18(16)5-7-19(8-6-18)10-15-4-9-24-12-15/h4,9,12,16-17H,2-3,5-8,10-11,13-14H2,1H3/t16-/m0/s1. The topological polar surface area (TPSA) is 63.0 Å². The Labute approximate surface area is 150 Å². The number of ether oxygens (including phenoxy) is 1. The van der Waals surface area contributed by atoms with Crippen LogP contribution in [-0.4, -0.2) is 62.8 Å². The number of methoxy groups -OCH3 is 1. The van der Waals surface area contributed by atoms with Crippen LogP contribution >= 0.6 is 0 Å². The van der Waals surface area contributed by atoms with Crippen molar-refractivity contribution in [1.29, 1.82) is 0 Å². The summed E-state index contributed by atoms with van der Waals surface area (Å²) < 4.78 is 37.8. The van der Waals surface area contributed by atoms with E-state index >= 15 is 0 Å². The number of furan rings is 1. The fraction of sp³-hybridized carbons (Fsp3) is 0.778. The molecule has 1 aliphatic carbocycles. The monoisotopic (exact) mass is 368 g/mol. The minimum Gasteiger partial charge on any atom is -0.472 e. The van der Waals surface area contributed by atoms with E-state index in [-0.39, 0.29) is 10.7 Å². The second-order valence-electron chi connectivity index (χ2n) is 7.96. The molecule has 1 aromatic heterocycles. The van der Waals surface area contributed by atoms with Gasteiger partial charge in [-0.15, -0.1) is 0 Å². The maximum absolute atomic E-state index is 12.7. The maximum Gasteiger partial charge on any atom is 0.217 e. The molecule has 0 bridgehead atoms. The van der Waals surface area contributed by atoms with E-state index in [1.54, 1.807) is 23.9 Å². The lowest BCUT2D eigenvalue weighted by atomic mass is 9.71. The van der Waals surface area contributed by atoms with Gasteiger partial charge in [-0.2, -0.15) is 0 Å². The van der Waals surface area contributed by atoms with Crippen molar-refractivity contribution in [2.45, 2.75) is 37.5 Å². The Bertz CT molecular complexity index is 676. The molecule has 0 radical (unpaired) electrons.